The summed E-state index contributed by atoms with van der Waals surface area (Å²) in [6, 6.07) is 8.09. The number of benzene rings is 1. The summed E-state index contributed by atoms with van der Waals surface area (Å²) < 4.78 is 5.13. The van der Waals surface area contributed by atoms with E-state index < -0.39 is 0 Å². The van der Waals surface area contributed by atoms with Gasteiger partial charge in [0.15, 0.2) is 0 Å². The van der Waals surface area contributed by atoms with E-state index in [0.29, 0.717) is 18.9 Å². The molecule has 0 heterocycles. The number of Topliss-reactive ketones (excluding diaryl/α,β-unsaturated/α-hetero) is 1. The molecule has 0 radical (unpaired) electrons. The second kappa shape index (κ2) is 7.07. The topological polar surface area (TPSA) is 38.3 Å². The Balaban J connectivity index is 2.39. The minimum Gasteiger partial charge on any atom is -0.497 e. The zero-order chi connectivity index (χ0) is 12.7. The van der Waals surface area contributed by atoms with Crippen molar-refractivity contribution >= 4 is 5.78 Å². The third-order valence-corrected chi connectivity index (χ3v) is 2.49. The number of hydrogen-bond acceptors (Lipinski definition) is 3. The van der Waals surface area contributed by atoms with E-state index in [1.807, 2.05) is 24.3 Å². The molecule has 0 spiro atoms. The number of hydrogen-bond donors (Lipinski definition) is 1. The third kappa shape index (κ3) is 5.50. The number of methoxy groups -OCH3 is 1. The summed E-state index contributed by atoms with van der Waals surface area (Å²) in [7, 11) is 1.63. The van der Waals surface area contributed by atoms with E-state index in [0.717, 1.165) is 17.9 Å². The first-order valence-electron chi connectivity index (χ1n) is 6.00. The molecule has 1 rings (SSSR count). The molecule has 0 unspecified atom stereocenters. The van der Waals surface area contributed by atoms with Gasteiger partial charge in [-0.25, -0.2) is 0 Å². The van der Waals surface area contributed by atoms with E-state index >= 15 is 0 Å². The van der Waals surface area contributed by atoms with Crippen molar-refractivity contribution in [2.24, 2.45) is 0 Å². The van der Waals surface area contributed by atoms with Gasteiger partial charge in [-0.3, -0.25) is 4.79 Å². The Bertz CT molecular complexity index is 361. The summed E-state index contributed by atoms with van der Waals surface area (Å²) >= 11 is 0. The maximum absolute atomic E-state index is 11.7. The van der Waals surface area contributed by atoms with Gasteiger partial charge < -0.3 is 10.1 Å². The number of carbonyl (C=O) groups is 1. The maximum atomic E-state index is 11.7. The standard InChI is InChI=1S/C14H21NO2/c1-11(2)15-8-7-13(16)9-12-5-4-6-14(10-12)17-3/h4-6,10-11,15H,7-9H2,1-3H3. The normalized spacial score (nSPS) is 10.6. The zero-order valence-electron chi connectivity index (χ0n) is 10.8. The molecule has 0 atom stereocenters. The monoisotopic (exact) mass is 235 g/mol. The van der Waals surface area contributed by atoms with Crippen molar-refractivity contribution in [3.63, 3.8) is 0 Å². The molecule has 3 heteroatoms. The first-order valence-corrected chi connectivity index (χ1v) is 6.00. The molecule has 0 aliphatic rings. The Hall–Kier alpha value is -1.35. The highest BCUT2D eigenvalue weighted by Gasteiger charge is 2.04. The Morgan fingerprint density at radius 1 is 1.41 bits per heavy atom. The van der Waals surface area contributed by atoms with Crippen molar-refractivity contribution in [1.82, 2.24) is 5.32 Å². The number of ether oxygens (including phenoxy) is 1. The number of ketones is 1. The molecule has 0 aliphatic carbocycles. The highest BCUT2D eigenvalue weighted by atomic mass is 16.5. The van der Waals surface area contributed by atoms with Gasteiger partial charge in [0.05, 0.1) is 7.11 Å². The second-order valence-corrected chi connectivity index (χ2v) is 4.43. The largest absolute Gasteiger partial charge is 0.497 e. The number of nitrogens with one attached hydrogen (secondary N) is 1. The molecule has 0 aromatic heterocycles. The van der Waals surface area contributed by atoms with Crippen molar-refractivity contribution in [2.75, 3.05) is 13.7 Å². The highest BCUT2D eigenvalue weighted by Crippen LogP contribution is 2.13. The SMILES string of the molecule is COc1cccc(CC(=O)CCNC(C)C)c1. The predicted molar refractivity (Wildman–Crippen MR) is 69.5 cm³/mol. The fourth-order valence-electron chi connectivity index (χ4n) is 1.60. The van der Waals surface area contributed by atoms with Crippen molar-refractivity contribution < 1.29 is 9.53 Å². The van der Waals surface area contributed by atoms with Crippen LogP contribution >= 0.6 is 0 Å². The minimum absolute atomic E-state index is 0.256. The lowest BCUT2D eigenvalue weighted by Crippen LogP contribution is -2.25. The summed E-state index contributed by atoms with van der Waals surface area (Å²) in [5.41, 5.74) is 1.01. The van der Waals surface area contributed by atoms with Gasteiger partial charge in [-0.15, -0.1) is 0 Å². The summed E-state index contributed by atoms with van der Waals surface area (Å²) in [5.74, 6) is 1.06. The minimum atomic E-state index is 0.256. The van der Waals surface area contributed by atoms with Crippen LogP contribution < -0.4 is 10.1 Å². The van der Waals surface area contributed by atoms with Crippen LogP contribution in [-0.2, 0) is 11.2 Å². The molecule has 0 amide bonds. The Kier molecular flexibility index (Phi) is 5.70. The number of carbonyl (C=O) groups excluding carboxylic acids is 1. The molecule has 1 aromatic carbocycles. The lowest BCUT2D eigenvalue weighted by atomic mass is 10.1. The van der Waals surface area contributed by atoms with Crippen LogP contribution in [0, 0.1) is 0 Å². The smallest absolute Gasteiger partial charge is 0.138 e. The lowest BCUT2D eigenvalue weighted by molar-refractivity contribution is -0.118. The van der Waals surface area contributed by atoms with E-state index in [1.165, 1.54) is 0 Å². The number of rotatable bonds is 7. The predicted octanol–water partition coefficient (Wildman–Crippen LogP) is 2.19. The van der Waals surface area contributed by atoms with Crippen LogP contribution in [0.15, 0.2) is 24.3 Å². The van der Waals surface area contributed by atoms with Gasteiger partial charge in [0, 0.05) is 25.4 Å². The van der Waals surface area contributed by atoms with Gasteiger partial charge in [-0.1, -0.05) is 26.0 Å². The van der Waals surface area contributed by atoms with Gasteiger partial charge in [0.2, 0.25) is 0 Å². The van der Waals surface area contributed by atoms with Crippen LogP contribution in [0.5, 0.6) is 5.75 Å². The average molecular weight is 235 g/mol. The van der Waals surface area contributed by atoms with E-state index in [9.17, 15) is 4.79 Å². The van der Waals surface area contributed by atoms with Crippen molar-refractivity contribution in [3.05, 3.63) is 29.8 Å². The Labute approximate surface area is 103 Å². The summed E-state index contributed by atoms with van der Waals surface area (Å²) in [5, 5.41) is 3.24. The molecule has 1 N–H and O–H groups in total. The Morgan fingerprint density at radius 2 is 2.18 bits per heavy atom. The van der Waals surface area contributed by atoms with Crippen LogP contribution in [-0.4, -0.2) is 25.5 Å². The van der Waals surface area contributed by atoms with Gasteiger partial charge in [-0.2, -0.15) is 0 Å². The molecular weight excluding hydrogens is 214 g/mol. The molecule has 0 fully saturated rings. The van der Waals surface area contributed by atoms with Crippen molar-refractivity contribution in [1.29, 1.82) is 0 Å². The molecule has 94 valence electrons. The van der Waals surface area contributed by atoms with Crippen LogP contribution in [0.25, 0.3) is 0 Å². The molecule has 0 saturated carbocycles. The molecule has 3 nitrogen and oxygen atoms in total. The quantitative estimate of drug-likeness (QED) is 0.787. The maximum Gasteiger partial charge on any atom is 0.138 e. The van der Waals surface area contributed by atoms with Gasteiger partial charge >= 0.3 is 0 Å². The van der Waals surface area contributed by atoms with Crippen LogP contribution in [0.2, 0.25) is 0 Å². The van der Waals surface area contributed by atoms with Gasteiger partial charge in [0.1, 0.15) is 11.5 Å². The van der Waals surface area contributed by atoms with E-state index in [2.05, 4.69) is 19.2 Å². The molecular formula is C14H21NO2. The lowest BCUT2D eigenvalue weighted by Gasteiger charge is -2.07. The average Bonchev–Trinajstić information content (AvgIpc) is 2.28. The third-order valence-electron chi connectivity index (χ3n) is 2.49. The summed E-state index contributed by atoms with van der Waals surface area (Å²) in [6.45, 7) is 4.90. The van der Waals surface area contributed by atoms with Crippen LogP contribution in [0.4, 0.5) is 0 Å². The van der Waals surface area contributed by atoms with Crippen molar-refractivity contribution in [2.45, 2.75) is 32.7 Å². The van der Waals surface area contributed by atoms with E-state index in [1.54, 1.807) is 7.11 Å². The zero-order valence-corrected chi connectivity index (χ0v) is 10.8. The van der Waals surface area contributed by atoms with Crippen LogP contribution in [0.3, 0.4) is 0 Å². The fourth-order valence-corrected chi connectivity index (χ4v) is 1.60. The van der Waals surface area contributed by atoms with Gasteiger partial charge in [-0.05, 0) is 17.7 Å². The van der Waals surface area contributed by atoms with Crippen LogP contribution in [0.1, 0.15) is 25.8 Å². The molecule has 1 aromatic rings. The van der Waals surface area contributed by atoms with Crippen molar-refractivity contribution in [3.8, 4) is 5.75 Å². The molecule has 0 saturated heterocycles. The molecule has 17 heavy (non-hydrogen) atoms. The van der Waals surface area contributed by atoms with E-state index in [4.69, 9.17) is 4.74 Å². The first-order chi connectivity index (χ1) is 8.11. The summed E-state index contributed by atoms with van der Waals surface area (Å²) in [4.78, 5) is 11.7. The first kappa shape index (κ1) is 13.7. The Morgan fingerprint density at radius 3 is 2.82 bits per heavy atom. The van der Waals surface area contributed by atoms with E-state index in [-0.39, 0.29) is 5.78 Å². The fraction of sp³-hybridized carbons (Fsp3) is 0.500. The highest BCUT2D eigenvalue weighted by molar-refractivity contribution is 5.81. The molecule has 0 bridgehead atoms. The summed E-state index contributed by atoms with van der Waals surface area (Å²) in [6.07, 6.45) is 1.06. The van der Waals surface area contributed by atoms with Gasteiger partial charge in [0.25, 0.3) is 0 Å². The molecule has 0 aliphatic heterocycles. The second-order valence-electron chi connectivity index (χ2n) is 4.43.